The lowest BCUT2D eigenvalue weighted by Crippen LogP contribution is -2.21. The van der Waals surface area contributed by atoms with E-state index in [-0.39, 0.29) is 6.04 Å². The number of aryl methyl sites for hydroxylation is 1. The van der Waals surface area contributed by atoms with Crippen molar-refractivity contribution >= 4 is 0 Å². The van der Waals surface area contributed by atoms with Crippen LogP contribution in [0.5, 0.6) is 5.75 Å². The molecule has 0 radical (unpaired) electrons. The molecule has 1 aromatic carbocycles. The zero-order valence-electron chi connectivity index (χ0n) is 12.1. The molecule has 0 aliphatic rings. The van der Waals surface area contributed by atoms with Gasteiger partial charge in [0.1, 0.15) is 5.75 Å². The van der Waals surface area contributed by atoms with Gasteiger partial charge in [-0.15, -0.1) is 0 Å². The number of aromatic hydroxyl groups is 1. The molecule has 4 heteroatoms. The molecule has 1 rings (SSSR count). The van der Waals surface area contributed by atoms with E-state index >= 15 is 0 Å². The average molecular weight is 267 g/mol. The molecule has 1 aromatic rings. The number of phenolic OH excluding ortho intramolecular Hbond substituents is 1. The van der Waals surface area contributed by atoms with E-state index in [1.54, 1.807) is 13.2 Å². The monoisotopic (exact) mass is 267 g/mol. The molecule has 0 saturated carbocycles. The van der Waals surface area contributed by atoms with Crippen LogP contribution in [-0.4, -0.2) is 38.6 Å². The van der Waals surface area contributed by atoms with Crippen LogP contribution in [0.25, 0.3) is 0 Å². The number of phenols is 1. The van der Waals surface area contributed by atoms with Crippen LogP contribution in [0.1, 0.15) is 30.5 Å². The summed E-state index contributed by atoms with van der Waals surface area (Å²) in [6, 6.07) is 5.81. The molecular weight excluding hydrogens is 242 g/mol. The summed E-state index contributed by atoms with van der Waals surface area (Å²) in [5.41, 5.74) is 2.10. The molecule has 1 unspecified atom stereocenters. The lowest BCUT2D eigenvalue weighted by molar-refractivity contribution is 0.0693. The molecule has 0 heterocycles. The molecule has 0 aromatic heterocycles. The highest BCUT2D eigenvalue weighted by Crippen LogP contribution is 2.24. The SMILES string of the molecule is COCCOCCCNC(C)c1cc(C)ccc1O. The molecule has 1 atom stereocenters. The Morgan fingerprint density at radius 2 is 2.05 bits per heavy atom. The van der Waals surface area contributed by atoms with Gasteiger partial charge in [0.2, 0.25) is 0 Å². The second kappa shape index (κ2) is 8.91. The van der Waals surface area contributed by atoms with Gasteiger partial charge in [0.05, 0.1) is 13.2 Å². The number of ether oxygens (including phenoxy) is 2. The second-order valence-corrected chi connectivity index (χ2v) is 4.70. The number of nitrogens with one attached hydrogen (secondary N) is 1. The highest BCUT2D eigenvalue weighted by atomic mass is 16.5. The van der Waals surface area contributed by atoms with Crippen LogP contribution in [0, 0.1) is 6.92 Å². The number of methoxy groups -OCH3 is 1. The lowest BCUT2D eigenvalue weighted by atomic mass is 10.0. The fraction of sp³-hybridized carbons (Fsp3) is 0.600. The minimum Gasteiger partial charge on any atom is -0.508 e. The Balaban J connectivity index is 2.23. The number of hydrogen-bond donors (Lipinski definition) is 2. The van der Waals surface area contributed by atoms with Gasteiger partial charge >= 0.3 is 0 Å². The van der Waals surface area contributed by atoms with Gasteiger partial charge < -0.3 is 19.9 Å². The number of rotatable bonds is 9. The van der Waals surface area contributed by atoms with Gasteiger partial charge in [-0.25, -0.2) is 0 Å². The second-order valence-electron chi connectivity index (χ2n) is 4.70. The van der Waals surface area contributed by atoms with Crippen molar-refractivity contribution in [2.75, 3.05) is 33.5 Å². The van der Waals surface area contributed by atoms with E-state index in [9.17, 15) is 5.11 Å². The molecule has 0 saturated heterocycles. The first-order valence-electron chi connectivity index (χ1n) is 6.74. The highest BCUT2D eigenvalue weighted by Gasteiger charge is 2.09. The summed E-state index contributed by atoms with van der Waals surface area (Å²) < 4.78 is 10.3. The van der Waals surface area contributed by atoms with Crippen molar-refractivity contribution in [2.24, 2.45) is 0 Å². The molecule has 108 valence electrons. The molecule has 19 heavy (non-hydrogen) atoms. The molecule has 0 aliphatic carbocycles. The Bertz CT molecular complexity index is 368. The van der Waals surface area contributed by atoms with Crippen molar-refractivity contribution in [1.82, 2.24) is 5.32 Å². The van der Waals surface area contributed by atoms with Crippen LogP contribution >= 0.6 is 0 Å². The third-order valence-electron chi connectivity index (χ3n) is 3.00. The van der Waals surface area contributed by atoms with E-state index in [1.165, 1.54) is 0 Å². The Morgan fingerprint density at radius 3 is 2.79 bits per heavy atom. The molecule has 0 fully saturated rings. The van der Waals surface area contributed by atoms with E-state index in [0.29, 0.717) is 19.0 Å². The maximum Gasteiger partial charge on any atom is 0.120 e. The molecule has 2 N–H and O–H groups in total. The van der Waals surface area contributed by atoms with Gasteiger partial charge in [0, 0.05) is 25.3 Å². The van der Waals surface area contributed by atoms with Gasteiger partial charge in [0.25, 0.3) is 0 Å². The largest absolute Gasteiger partial charge is 0.508 e. The first-order chi connectivity index (χ1) is 9.15. The smallest absolute Gasteiger partial charge is 0.120 e. The standard InChI is InChI=1S/C15H25NO3/c1-12-5-6-15(17)14(11-12)13(2)16-7-4-8-19-10-9-18-3/h5-6,11,13,16-17H,4,7-10H2,1-3H3. The summed E-state index contributed by atoms with van der Waals surface area (Å²) in [6.07, 6.45) is 0.945. The molecule has 4 nitrogen and oxygen atoms in total. The van der Waals surface area contributed by atoms with Crippen LogP contribution < -0.4 is 5.32 Å². The van der Waals surface area contributed by atoms with Crippen molar-refractivity contribution in [3.8, 4) is 5.75 Å². The predicted octanol–water partition coefficient (Wildman–Crippen LogP) is 2.40. The summed E-state index contributed by atoms with van der Waals surface area (Å²) in [4.78, 5) is 0. The molecule has 0 spiro atoms. The van der Waals surface area contributed by atoms with Crippen molar-refractivity contribution in [2.45, 2.75) is 26.3 Å². The van der Waals surface area contributed by atoms with Crippen molar-refractivity contribution < 1.29 is 14.6 Å². The zero-order valence-corrected chi connectivity index (χ0v) is 12.1. The topological polar surface area (TPSA) is 50.7 Å². The third-order valence-corrected chi connectivity index (χ3v) is 3.00. The zero-order chi connectivity index (χ0) is 14.1. The Labute approximate surface area is 115 Å². The molecular formula is C15H25NO3. The van der Waals surface area contributed by atoms with Crippen molar-refractivity contribution in [1.29, 1.82) is 0 Å². The van der Waals surface area contributed by atoms with Crippen molar-refractivity contribution in [3.63, 3.8) is 0 Å². The maximum atomic E-state index is 9.83. The normalized spacial score (nSPS) is 12.6. The maximum absolute atomic E-state index is 9.83. The van der Waals surface area contributed by atoms with E-state index in [4.69, 9.17) is 9.47 Å². The van der Waals surface area contributed by atoms with E-state index in [0.717, 1.165) is 30.7 Å². The number of benzene rings is 1. The Hall–Kier alpha value is -1.10. The fourth-order valence-electron chi connectivity index (χ4n) is 1.87. The summed E-state index contributed by atoms with van der Waals surface area (Å²) in [5, 5.41) is 13.2. The van der Waals surface area contributed by atoms with Crippen LogP contribution in [0.2, 0.25) is 0 Å². The lowest BCUT2D eigenvalue weighted by Gasteiger charge is -2.16. The third kappa shape index (κ3) is 6.05. The summed E-state index contributed by atoms with van der Waals surface area (Å²) in [5.74, 6) is 0.349. The number of hydrogen-bond acceptors (Lipinski definition) is 4. The van der Waals surface area contributed by atoms with Gasteiger partial charge in [-0.1, -0.05) is 17.7 Å². The molecule has 0 amide bonds. The van der Waals surface area contributed by atoms with Gasteiger partial charge in [-0.3, -0.25) is 0 Å². The summed E-state index contributed by atoms with van der Waals surface area (Å²) in [6.45, 7) is 6.95. The van der Waals surface area contributed by atoms with E-state index < -0.39 is 0 Å². The fourth-order valence-corrected chi connectivity index (χ4v) is 1.87. The Kier molecular flexibility index (Phi) is 7.48. The van der Waals surface area contributed by atoms with Gasteiger partial charge in [0.15, 0.2) is 0 Å². The molecule has 0 aliphatic heterocycles. The summed E-state index contributed by atoms with van der Waals surface area (Å²) >= 11 is 0. The van der Waals surface area contributed by atoms with Crippen molar-refractivity contribution in [3.05, 3.63) is 29.3 Å². The average Bonchev–Trinajstić information content (AvgIpc) is 2.40. The van der Waals surface area contributed by atoms with Crippen LogP contribution in [-0.2, 0) is 9.47 Å². The van der Waals surface area contributed by atoms with Crippen LogP contribution in [0.15, 0.2) is 18.2 Å². The van der Waals surface area contributed by atoms with E-state index in [2.05, 4.69) is 12.2 Å². The van der Waals surface area contributed by atoms with E-state index in [1.807, 2.05) is 19.1 Å². The predicted molar refractivity (Wildman–Crippen MR) is 76.6 cm³/mol. The first-order valence-corrected chi connectivity index (χ1v) is 6.74. The van der Waals surface area contributed by atoms with Gasteiger partial charge in [-0.2, -0.15) is 0 Å². The first kappa shape index (κ1) is 16.0. The minimum absolute atomic E-state index is 0.138. The highest BCUT2D eigenvalue weighted by molar-refractivity contribution is 5.37. The van der Waals surface area contributed by atoms with Crippen LogP contribution in [0.4, 0.5) is 0 Å². The minimum atomic E-state index is 0.138. The summed E-state index contributed by atoms with van der Waals surface area (Å²) in [7, 11) is 1.67. The quantitative estimate of drug-likeness (QED) is 0.675. The van der Waals surface area contributed by atoms with Crippen LogP contribution in [0.3, 0.4) is 0 Å². The molecule has 0 bridgehead atoms. The Morgan fingerprint density at radius 1 is 1.26 bits per heavy atom. The van der Waals surface area contributed by atoms with Gasteiger partial charge in [-0.05, 0) is 32.9 Å².